The second-order valence-electron chi connectivity index (χ2n) is 3.34. The average Bonchev–Trinajstić information content (AvgIpc) is 2.31. The van der Waals surface area contributed by atoms with Crippen molar-refractivity contribution in [1.82, 2.24) is 0 Å². The highest BCUT2D eigenvalue weighted by molar-refractivity contribution is 5.77. The quantitative estimate of drug-likeness (QED) is 0.582. The molecule has 0 saturated heterocycles. The summed E-state index contributed by atoms with van der Waals surface area (Å²) in [4.78, 5) is 10.9. The zero-order valence-electron chi connectivity index (χ0n) is 7.04. The molecule has 1 aliphatic rings. The second-order valence-corrected chi connectivity index (χ2v) is 3.34. The van der Waals surface area contributed by atoms with Crippen LogP contribution >= 0.6 is 0 Å². The molecule has 0 aromatic heterocycles. The maximum atomic E-state index is 10.9. The van der Waals surface area contributed by atoms with Crippen molar-refractivity contribution in [1.29, 1.82) is 0 Å². The highest BCUT2D eigenvalue weighted by Crippen LogP contribution is 2.18. The van der Waals surface area contributed by atoms with Crippen LogP contribution in [0.25, 0.3) is 0 Å². The van der Waals surface area contributed by atoms with Gasteiger partial charge in [-0.05, 0) is 24.8 Å². The van der Waals surface area contributed by atoms with E-state index < -0.39 is 0 Å². The normalized spacial score (nSPS) is 22.8. The highest BCUT2D eigenvalue weighted by Gasteiger charge is 2.20. The lowest BCUT2D eigenvalue weighted by atomic mass is 9.99. The van der Waals surface area contributed by atoms with Crippen LogP contribution in [0.4, 0.5) is 0 Å². The van der Waals surface area contributed by atoms with Crippen molar-refractivity contribution in [2.24, 2.45) is 11.8 Å². The first-order chi connectivity index (χ1) is 5.20. The molecule has 1 unspecified atom stereocenters. The molecule has 0 aromatic rings. The summed E-state index contributed by atoms with van der Waals surface area (Å²) in [6.07, 6.45) is 5.34. The predicted molar refractivity (Wildman–Crippen MR) is 42.8 cm³/mol. The molecule has 62 valence electrons. The van der Waals surface area contributed by atoms with Crippen molar-refractivity contribution in [2.45, 2.75) is 26.7 Å². The first-order valence-electron chi connectivity index (χ1n) is 4.07. The summed E-state index contributed by atoms with van der Waals surface area (Å²) >= 11 is 0. The predicted octanol–water partition coefficient (Wildman–Crippen LogP) is 2.11. The van der Waals surface area contributed by atoms with E-state index in [1.54, 1.807) is 0 Å². The number of hydrogen-bond donors (Lipinski definition) is 0. The third-order valence-corrected chi connectivity index (χ3v) is 1.85. The molecule has 0 bridgehead atoms. The molecule has 2 nitrogen and oxygen atoms in total. The fourth-order valence-corrected chi connectivity index (χ4v) is 1.09. The molecule has 0 radical (unpaired) electrons. The second kappa shape index (κ2) is 3.56. The van der Waals surface area contributed by atoms with Crippen LogP contribution in [0.3, 0.4) is 0 Å². The summed E-state index contributed by atoms with van der Waals surface area (Å²) in [7, 11) is 0. The largest absolute Gasteiger partial charge is 0.434 e. The average molecular weight is 154 g/mol. The Labute approximate surface area is 67.2 Å². The van der Waals surface area contributed by atoms with Crippen LogP contribution in [0, 0.1) is 11.8 Å². The zero-order valence-corrected chi connectivity index (χ0v) is 7.04. The fourth-order valence-electron chi connectivity index (χ4n) is 1.09. The van der Waals surface area contributed by atoms with E-state index in [9.17, 15) is 4.79 Å². The molecule has 1 rings (SSSR count). The molecule has 0 spiro atoms. The van der Waals surface area contributed by atoms with Gasteiger partial charge in [0, 0.05) is 0 Å². The van der Waals surface area contributed by atoms with E-state index in [2.05, 4.69) is 18.6 Å². The fraction of sp³-hybridized carbons (Fsp3) is 0.667. The molecule has 1 heterocycles. The Morgan fingerprint density at radius 2 is 2.36 bits per heavy atom. The van der Waals surface area contributed by atoms with Gasteiger partial charge >= 0.3 is 5.97 Å². The van der Waals surface area contributed by atoms with E-state index in [0.29, 0.717) is 5.92 Å². The van der Waals surface area contributed by atoms with Gasteiger partial charge in [0.2, 0.25) is 0 Å². The molecule has 1 atom stereocenters. The maximum Gasteiger partial charge on any atom is 0.317 e. The zero-order chi connectivity index (χ0) is 8.27. The van der Waals surface area contributed by atoms with Crippen LogP contribution in [-0.4, -0.2) is 5.97 Å². The molecular weight excluding hydrogens is 140 g/mol. The van der Waals surface area contributed by atoms with Gasteiger partial charge in [-0.25, -0.2) is 0 Å². The van der Waals surface area contributed by atoms with Gasteiger partial charge in [0.25, 0.3) is 0 Å². The number of esters is 1. The highest BCUT2D eigenvalue weighted by atomic mass is 16.5. The van der Waals surface area contributed by atoms with Crippen LogP contribution in [0.2, 0.25) is 0 Å². The third kappa shape index (κ3) is 2.37. The minimum Gasteiger partial charge on any atom is -0.434 e. The minimum atomic E-state index is -0.0920. The molecule has 0 fully saturated rings. The van der Waals surface area contributed by atoms with Crippen LogP contribution in [0.15, 0.2) is 12.3 Å². The molecule has 11 heavy (non-hydrogen) atoms. The van der Waals surface area contributed by atoms with Gasteiger partial charge in [-0.2, -0.15) is 0 Å². The summed E-state index contributed by atoms with van der Waals surface area (Å²) in [6.45, 7) is 4.31. The molecular formula is C9H14O2. The van der Waals surface area contributed by atoms with E-state index in [1.165, 1.54) is 6.26 Å². The lowest BCUT2D eigenvalue weighted by Gasteiger charge is -2.06. The summed E-state index contributed by atoms with van der Waals surface area (Å²) in [5.41, 5.74) is 0. The number of ether oxygens (including phenoxy) is 1. The lowest BCUT2D eigenvalue weighted by molar-refractivity contribution is -0.139. The molecule has 0 aromatic carbocycles. The van der Waals surface area contributed by atoms with E-state index in [0.717, 1.165) is 12.8 Å². The Hall–Kier alpha value is -0.790. The Balaban J connectivity index is 2.26. The molecule has 0 aliphatic carbocycles. The monoisotopic (exact) mass is 154 g/mol. The number of carbonyl (C=O) groups excluding carboxylic acids is 1. The lowest BCUT2D eigenvalue weighted by Crippen LogP contribution is -2.08. The molecule has 0 N–H and O–H groups in total. The van der Waals surface area contributed by atoms with Crippen molar-refractivity contribution < 1.29 is 9.53 Å². The topological polar surface area (TPSA) is 26.3 Å². The van der Waals surface area contributed by atoms with Gasteiger partial charge in [-0.1, -0.05) is 13.8 Å². The van der Waals surface area contributed by atoms with Crippen molar-refractivity contribution in [3.63, 3.8) is 0 Å². The standard InChI is InChI=1S/C9H14O2/c1-7(2)3-4-8-5-6-11-9(8)10/h5-8H,3-4H2,1-2H3. The van der Waals surface area contributed by atoms with Gasteiger partial charge in [-0.15, -0.1) is 0 Å². The van der Waals surface area contributed by atoms with Crippen molar-refractivity contribution in [3.8, 4) is 0 Å². The van der Waals surface area contributed by atoms with Crippen molar-refractivity contribution in [2.75, 3.05) is 0 Å². The Bertz CT molecular complexity index is 170. The third-order valence-electron chi connectivity index (χ3n) is 1.85. The number of hydrogen-bond acceptors (Lipinski definition) is 2. The Morgan fingerprint density at radius 3 is 2.82 bits per heavy atom. The van der Waals surface area contributed by atoms with E-state index in [4.69, 9.17) is 0 Å². The van der Waals surface area contributed by atoms with Gasteiger partial charge in [-0.3, -0.25) is 4.79 Å². The maximum absolute atomic E-state index is 10.9. The van der Waals surface area contributed by atoms with E-state index >= 15 is 0 Å². The number of cyclic esters (lactones) is 1. The first-order valence-corrected chi connectivity index (χ1v) is 4.07. The van der Waals surface area contributed by atoms with Crippen LogP contribution in [-0.2, 0) is 9.53 Å². The summed E-state index contributed by atoms with van der Waals surface area (Å²) in [5.74, 6) is 0.597. The van der Waals surface area contributed by atoms with Crippen LogP contribution in [0.5, 0.6) is 0 Å². The first kappa shape index (κ1) is 8.31. The van der Waals surface area contributed by atoms with Gasteiger partial charge < -0.3 is 4.74 Å². The summed E-state index contributed by atoms with van der Waals surface area (Å²) < 4.78 is 4.68. The summed E-state index contributed by atoms with van der Waals surface area (Å²) in [6, 6.07) is 0. The summed E-state index contributed by atoms with van der Waals surface area (Å²) in [5, 5.41) is 0. The minimum absolute atomic E-state index is 0.0254. The van der Waals surface area contributed by atoms with Crippen LogP contribution in [0.1, 0.15) is 26.7 Å². The molecule has 0 amide bonds. The van der Waals surface area contributed by atoms with E-state index in [-0.39, 0.29) is 11.9 Å². The number of rotatable bonds is 3. The SMILES string of the molecule is CC(C)CCC1C=COC1=O. The van der Waals surface area contributed by atoms with Gasteiger partial charge in [0.05, 0.1) is 12.2 Å². The smallest absolute Gasteiger partial charge is 0.317 e. The van der Waals surface area contributed by atoms with Gasteiger partial charge in [0.15, 0.2) is 0 Å². The Morgan fingerprint density at radius 1 is 1.64 bits per heavy atom. The van der Waals surface area contributed by atoms with E-state index in [1.807, 2.05) is 6.08 Å². The number of carbonyl (C=O) groups is 1. The van der Waals surface area contributed by atoms with Crippen LogP contribution < -0.4 is 0 Å². The van der Waals surface area contributed by atoms with Crippen molar-refractivity contribution >= 4 is 5.97 Å². The molecule has 0 saturated carbocycles. The Kier molecular flexibility index (Phi) is 2.69. The van der Waals surface area contributed by atoms with Gasteiger partial charge in [0.1, 0.15) is 0 Å². The molecule has 2 heteroatoms. The molecule has 1 aliphatic heterocycles. The van der Waals surface area contributed by atoms with Crippen molar-refractivity contribution in [3.05, 3.63) is 12.3 Å².